The average Bonchev–Trinajstić information content (AvgIpc) is 2.93. The van der Waals surface area contributed by atoms with Gasteiger partial charge in [0, 0.05) is 30.6 Å². The third-order valence-corrected chi connectivity index (χ3v) is 7.23. The van der Waals surface area contributed by atoms with Crippen LogP contribution in [-0.2, 0) is 29.0 Å². The van der Waals surface area contributed by atoms with Gasteiger partial charge in [-0.2, -0.15) is 0 Å². The van der Waals surface area contributed by atoms with E-state index in [0.717, 1.165) is 42.4 Å². The van der Waals surface area contributed by atoms with Gasteiger partial charge in [-0.25, -0.2) is 0 Å². The molecule has 1 fully saturated rings. The Kier molecular flexibility index (Phi) is 9.25. The maximum absolute atomic E-state index is 13.9. The zero-order valence-corrected chi connectivity index (χ0v) is 21.8. The van der Waals surface area contributed by atoms with Crippen LogP contribution in [0.25, 0.3) is 0 Å². The highest BCUT2D eigenvalue weighted by molar-refractivity contribution is 5.89. The van der Waals surface area contributed by atoms with Crippen LogP contribution in [0.2, 0.25) is 0 Å². The maximum Gasteiger partial charge on any atom is 0.273 e. The third kappa shape index (κ3) is 7.28. The number of nitro groups is 1. The van der Waals surface area contributed by atoms with Crippen molar-refractivity contribution in [2.75, 3.05) is 0 Å². The molecule has 7 heteroatoms. The van der Waals surface area contributed by atoms with Gasteiger partial charge in [-0.1, -0.05) is 97.6 Å². The van der Waals surface area contributed by atoms with Crippen molar-refractivity contribution in [3.63, 3.8) is 0 Å². The third-order valence-electron chi connectivity index (χ3n) is 7.23. The number of nitro benzene ring substituents is 1. The van der Waals surface area contributed by atoms with Gasteiger partial charge in [0.15, 0.2) is 0 Å². The van der Waals surface area contributed by atoms with Crippen LogP contribution in [0, 0.1) is 17.0 Å². The summed E-state index contributed by atoms with van der Waals surface area (Å²) in [6, 6.07) is 23.2. The second-order valence-electron chi connectivity index (χ2n) is 10.1. The van der Waals surface area contributed by atoms with Gasteiger partial charge < -0.3 is 10.2 Å². The van der Waals surface area contributed by atoms with Gasteiger partial charge in [0.2, 0.25) is 11.8 Å². The molecule has 3 aromatic rings. The molecule has 4 rings (SSSR count). The Morgan fingerprint density at radius 1 is 0.921 bits per heavy atom. The number of aryl methyl sites for hydroxylation is 1. The Morgan fingerprint density at radius 2 is 1.58 bits per heavy atom. The van der Waals surface area contributed by atoms with Gasteiger partial charge >= 0.3 is 0 Å². The molecule has 0 heterocycles. The first kappa shape index (κ1) is 27.0. The quantitative estimate of drug-likeness (QED) is 0.285. The number of nitrogens with one attached hydrogen (secondary N) is 1. The van der Waals surface area contributed by atoms with Gasteiger partial charge in [-0.15, -0.1) is 0 Å². The molecule has 1 N–H and O–H groups in total. The molecule has 2 amide bonds. The summed E-state index contributed by atoms with van der Waals surface area (Å²) in [4.78, 5) is 40.5. The topological polar surface area (TPSA) is 92.6 Å². The van der Waals surface area contributed by atoms with E-state index in [2.05, 4.69) is 5.32 Å². The molecule has 1 aliphatic rings. The van der Waals surface area contributed by atoms with Crippen LogP contribution in [0.5, 0.6) is 0 Å². The summed E-state index contributed by atoms with van der Waals surface area (Å²) in [7, 11) is 0. The summed E-state index contributed by atoms with van der Waals surface area (Å²) in [5.41, 5.74) is 3.19. The first-order valence-corrected chi connectivity index (χ1v) is 13.3. The highest BCUT2D eigenvalue weighted by Gasteiger charge is 2.32. The van der Waals surface area contributed by atoms with E-state index in [1.54, 1.807) is 23.1 Å². The van der Waals surface area contributed by atoms with Crippen molar-refractivity contribution in [2.45, 2.75) is 70.5 Å². The Bertz CT molecular complexity index is 1240. The molecule has 0 unspecified atom stereocenters. The Labute approximate surface area is 224 Å². The predicted octanol–water partition coefficient (Wildman–Crippen LogP) is 5.53. The van der Waals surface area contributed by atoms with E-state index in [9.17, 15) is 19.7 Å². The molecule has 0 radical (unpaired) electrons. The molecular weight excluding hydrogens is 478 g/mol. The molecule has 1 atom stereocenters. The zero-order valence-electron chi connectivity index (χ0n) is 21.8. The van der Waals surface area contributed by atoms with E-state index >= 15 is 0 Å². The average molecular weight is 514 g/mol. The molecule has 0 bridgehead atoms. The lowest BCUT2D eigenvalue weighted by Gasteiger charge is -2.33. The zero-order chi connectivity index (χ0) is 26.9. The van der Waals surface area contributed by atoms with Crippen LogP contribution in [0.15, 0.2) is 78.9 Å². The van der Waals surface area contributed by atoms with Crippen LogP contribution in [0.1, 0.15) is 54.4 Å². The number of para-hydroxylation sites is 1. The fourth-order valence-electron chi connectivity index (χ4n) is 5.09. The SMILES string of the molecule is Cc1ccc(CN(C(=O)Cc2ccccc2[N+](=O)[O-])[C@@H](Cc2ccccc2)C(=O)NC2CCCCC2)cc1. The van der Waals surface area contributed by atoms with Gasteiger partial charge in [-0.3, -0.25) is 19.7 Å². The first-order chi connectivity index (χ1) is 18.4. The highest BCUT2D eigenvalue weighted by atomic mass is 16.6. The smallest absolute Gasteiger partial charge is 0.273 e. The largest absolute Gasteiger partial charge is 0.352 e. The van der Waals surface area contributed by atoms with Crippen molar-refractivity contribution >= 4 is 17.5 Å². The number of hydrogen-bond acceptors (Lipinski definition) is 4. The first-order valence-electron chi connectivity index (χ1n) is 13.3. The minimum atomic E-state index is -0.754. The predicted molar refractivity (Wildman–Crippen MR) is 147 cm³/mol. The van der Waals surface area contributed by atoms with E-state index in [-0.39, 0.29) is 36.5 Å². The van der Waals surface area contributed by atoms with Crippen LogP contribution in [0.3, 0.4) is 0 Å². The number of amides is 2. The Morgan fingerprint density at radius 3 is 2.26 bits per heavy atom. The van der Waals surface area contributed by atoms with Crippen LogP contribution in [-0.4, -0.2) is 33.7 Å². The van der Waals surface area contributed by atoms with Crippen LogP contribution >= 0.6 is 0 Å². The van der Waals surface area contributed by atoms with E-state index in [0.29, 0.717) is 12.0 Å². The molecule has 0 spiro atoms. The van der Waals surface area contributed by atoms with Gasteiger partial charge in [0.1, 0.15) is 6.04 Å². The van der Waals surface area contributed by atoms with Crippen molar-refractivity contribution in [1.29, 1.82) is 0 Å². The molecule has 38 heavy (non-hydrogen) atoms. The minimum absolute atomic E-state index is 0.0950. The number of hydrogen-bond donors (Lipinski definition) is 1. The number of benzene rings is 3. The molecular formula is C31H35N3O4. The van der Waals surface area contributed by atoms with E-state index in [1.165, 1.54) is 12.5 Å². The van der Waals surface area contributed by atoms with Crippen molar-refractivity contribution in [2.24, 2.45) is 0 Å². The van der Waals surface area contributed by atoms with Gasteiger partial charge in [0.05, 0.1) is 11.3 Å². The second kappa shape index (κ2) is 13.0. The fourth-order valence-corrected chi connectivity index (χ4v) is 5.09. The minimum Gasteiger partial charge on any atom is -0.352 e. The van der Waals surface area contributed by atoms with E-state index in [4.69, 9.17) is 0 Å². The molecule has 3 aromatic carbocycles. The lowest BCUT2D eigenvalue weighted by molar-refractivity contribution is -0.385. The number of carbonyl (C=O) groups excluding carboxylic acids is 2. The molecule has 0 saturated heterocycles. The lowest BCUT2D eigenvalue weighted by Crippen LogP contribution is -2.53. The molecule has 1 saturated carbocycles. The summed E-state index contributed by atoms with van der Waals surface area (Å²) in [6.45, 7) is 2.23. The lowest BCUT2D eigenvalue weighted by atomic mass is 9.94. The maximum atomic E-state index is 13.9. The summed E-state index contributed by atoms with van der Waals surface area (Å²) >= 11 is 0. The monoisotopic (exact) mass is 513 g/mol. The number of carbonyl (C=O) groups is 2. The molecule has 1 aliphatic carbocycles. The van der Waals surface area contributed by atoms with Crippen molar-refractivity contribution in [3.05, 3.63) is 111 Å². The summed E-state index contributed by atoms with van der Waals surface area (Å²) in [5, 5.41) is 14.8. The normalized spacial score (nSPS) is 14.4. The van der Waals surface area contributed by atoms with Crippen molar-refractivity contribution in [3.8, 4) is 0 Å². The van der Waals surface area contributed by atoms with Crippen molar-refractivity contribution < 1.29 is 14.5 Å². The summed E-state index contributed by atoms with van der Waals surface area (Å²) in [5.74, 6) is -0.497. The standard InChI is InChI=1S/C31H35N3O4/c1-23-16-18-25(19-17-23)22-33(30(35)21-26-12-8-9-15-28(26)34(37)38)29(20-24-10-4-2-5-11-24)31(36)32-27-13-6-3-7-14-27/h2,4-5,8-12,15-19,27,29H,3,6-7,13-14,20-22H2,1H3,(H,32,36)/t29-/m0/s1. The van der Waals surface area contributed by atoms with Crippen molar-refractivity contribution in [1.82, 2.24) is 10.2 Å². The second-order valence-corrected chi connectivity index (χ2v) is 10.1. The number of rotatable bonds is 10. The fraction of sp³-hybridized carbons (Fsp3) is 0.355. The van der Waals surface area contributed by atoms with Gasteiger partial charge in [-0.05, 0) is 30.9 Å². The van der Waals surface area contributed by atoms with Crippen LogP contribution in [0.4, 0.5) is 5.69 Å². The highest BCUT2D eigenvalue weighted by Crippen LogP contribution is 2.23. The van der Waals surface area contributed by atoms with Crippen LogP contribution < -0.4 is 5.32 Å². The van der Waals surface area contributed by atoms with Gasteiger partial charge in [0.25, 0.3) is 5.69 Å². The van der Waals surface area contributed by atoms with E-state index in [1.807, 2.05) is 61.5 Å². The summed E-state index contributed by atoms with van der Waals surface area (Å²) in [6.07, 6.45) is 5.40. The Hall–Kier alpha value is -4.00. The molecule has 198 valence electrons. The molecule has 0 aromatic heterocycles. The Balaban J connectivity index is 1.68. The number of nitrogens with zero attached hydrogens (tertiary/aromatic N) is 2. The summed E-state index contributed by atoms with van der Waals surface area (Å²) < 4.78 is 0. The van der Waals surface area contributed by atoms with E-state index < -0.39 is 11.0 Å². The molecule has 0 aliphatic heterocycles. The molecule has 7 nitrogen and oxygen atoms in total.